The fourth-order valence-electron chi connectivity index (χ4n) is 2.99. The summed E-state index contributed by atoms with van der Waals surface area (Å²) in [5.74, 6) is 0. The number of fused-ring (bicyclic) bond motifs is 1. The van der Waals surface area contributed by atoms with Crippen molar-refractivity contribution in [2.45, 2.75) is 38.2 Å². The number of hydrogen-bond donors (Lipinski definition) is 1. The highest BCUT2D eigenvalue weighted by Crippen LogP contribution is 2.23. The molecule has 1 aliphatic carbocycles. The van der Waals surface area contributed by atoms with Gasteiger partial charge >= 0.3 is 0 Å². The Balaban J connectivity index is 1.63. The Bertz CT molecular complexity index is 589. The van der Waals surface area contributed by atoms with Gasteiger partial charge in [0.05, 0.1) is 6.10 Å². The fourth-order valence-corrected chi connectivity index (χ4v) is 3.11. The molecule has 1 unspecified atom stereocenters. The van der Waals surface area contributed by atoms with E-state index in [0.717, 1.165) is 17.0 Å². The SMILES string of the molecule is OC(Cc1ccc(Cl)cc1)Cc1ccc2c(c1)CCC2. The van der Waals surface area contributed by atoms with Crippen molar-refractivity contribution in [3.05, 3.63) is 69.7 Å². The highest BCUT2D eigenvalue weighted by molar-refractivity contribution is 6.30. The standard InChI is InChI=1S/C18H19ClO/c19-17-8-5-13(6-9-17)11-18(20)12-14-4-7-15-2-1-3-16(15)10-14/h4-10,18,20H,1-3,11-12H2. The molecule has 0 bridgehead atoms. The molecular formula is C18H19ClO. The molecule has 1 atom stereocenters. The second-order valence-corrected chi connectivity index (χ2v) is 6.08. The van der Waals surface area contributed by atoms with Crippen molar-refractivity contribution in [2.24, 2.45) is 0 Å². The Labute approximate surface area is 125 Å². The van der Waals surface area contributed by atoms with Gasteiger partial charge in [-0.05, 0) is 66.5 Å². The Kier molecular flexibility index (Phi) is 4.09. The van der Waals surface area contributed by atoms with E-state index in [0.29, 0.717) is 6.42 Å². The molecule has 1 aliphatic rings. The van der Waals surface area contributed by atoms with Crippen molar-refractivity contribution in [3.63, 3.8) is 0 Å². The largest absolute Gasteiger partial charge is 0.392 e. The maximum Gasteiger partial charge on any atom is 0.0620 e. The molecule has 0 saturated carbocycles. The molecule has 0 amide bonds. The van der Waals surface area contributed by atoms with E-state index in [1.54, 1.807) is 0 Å². The first-order valence-electron chi connectivity index (χ1n) is 7.24. The monoisotopic (exact) mass is 286 g/mol. The van der Waals surface area contributed by atoms with E-state index in [4.69, 9.17) is 11.6 Å². The van der Waals surface area contributed by atoms with Crippen LogP contribution in [0.1, 0.15) is 28.7 Å². The Morgan fingerprint density at radius 1 is 0.900 bits per heavy atom. The van der Waals surface area contributed by atoms with E-state index in [2.05, 4.69) is 18.2 Å². The third-order valence-corrected chi connectivity index (χ3v) is 4.27. The van der Waals surface area contributed by atoms with Gasteiger partial charge in [-0.2, -0.15) is 0 Å². The maximum atomic E-state index is 10.2. The minimum Gasteiger partial charge on any atom is -0.392 e. The highest BCUT2D eigenvalue weighted by Gasteiger charge is 2.13. The number of aryl methyl sites for hydroxylation is 2. The molecule has 20 heavy (non-hydrogen) atoms. The third-order valence-electron chi connectivity index (χ3n) is 4.02. The van der Waals surface area contributed by atoms with Gasteiger partial charge in [0, 0.05) is 5.02 Å². The third kappa shape index (κ3) is 3.23. The molecule has 2 heteroatoms. The lowest BCUT2D eigenvalue weighted by Crippen LogP contribution is -2.14. The topological polar surface area (TPSA) is 20.2 Å². The van der Waals surface area contributed by atoms with E-state index in [1.165, 1.54) is 36.0 Å². The number of rotatable bonds is 4. The van der Waals surface area contributed by atoms with Gasteiger partial charge in [-0.25, -0.2) is 0 Å². The molecule has 0 fully saturated rings. The molecule has 0 radical (unpaired) electrons. The van der Waals surface area contributed by atoms with Crippen LogP contribution in [-0.2, 0) is 25.7 Å². The van der Waals surface area contributed by atoms with Gasteiger partial charge in [0.1, 0.15) is 0 Å². The summed E-state index contributed by atoms with van der Waals surface area (Å²) in [6.45, 7) is 0. The maximum absolute atomic E-state index is 10.2. The van der Waals surface area contributed by atoms with E-state index < -0.39 is 0 Å². The predicted octanol–water partition coefficient (Wildman–Crippen LogP) is 3.97. The van der Waals surface area contributed by atoms with Crippen LogP contribution in [0.15, 0.2) is 42.5 Å². The van der Waals surface area contributed by atoms with Crippen LogP contribution in [0.25, 0.3) is 0 Å². The summed E-state index contributed by atoms with van der Waals surface area (Å²) in [7, 11) is 0. The zero-order chi connectivity index (χ0) is 13.9. The van der Waals surface area contributed by atoms with Gasteiger partial charge in [-0.1, -0.05) is 41.9 Å². The van der Waals surface area contributed by atoms with Gasteiger partial charge in [0.25, 0.3) is 0 Å². The van der Waals surface area contributed by atoms with Gasteiger partial charge in [0.15, 0.2) is 0 Å². The van der Waals surface area contributed by atoms with Crippen molar-refractivity contribution in [2.75, 3.05) is 0 Å². The van der Waals surface area contributed by atoms with Gasteiger partial charge in [0.2, 0.25) is 0 Å². The van der Waals surface area contributed by atoms with E-state index in [9.17, 15) is 5.11 Å². The number of halogens is 1. The van der Waals surface area contributed by atoms with Crippen LogP contribution in [0.4, 0.5) is 0 Å². The van der Waals surface area contributed by atoms with Crippen LogP contribution in [0.2, 0.25) is 5.02 Å². The summed E-state index contributed by atoms with van der Waals surface area (Å²) in [5.41, 5.74) is 5.33. The van der Waals surface area contributed by atoms with E-state index >= 15 is 0 Å². The van der Waals surface area contributed by atoms with E-state index in [-0.39, 0.29) is 6.10 Å². The average Bonchev–Trinajstić information content (AvgIpc) is 2.89. The Morgan fingerprint density at radius 2 is 1.55 bits per heavy atom. The summed E-state index contributed by atoms with van der Waals surface area (Å²) in [6.07, 6.45) is 4.73. The highest BCUT2D eigenvalue weighted by atomic mass is 35.5. The first-order chi connectivity index (χ1) is 9.70. The summed E-state index contributed by atoms with van der Waals surface area (Å²) in [4.78, 5) is 0. The van der Waals surface area contributed by atoms with Crippen molar-refractivity contribution in [3.8, 4) is 0 Å². The molecule has 1 N–H and O–H groups in total. The smallest absolute Gasteiger partial charge is 0.0620 e. The summed E-state index contributed by atoms with van der Waals surface area (Å²) in [6, 6.07) is 14.4. The van der Waals surface area contributed by atoms with Gasteiger partial charge in [-0.3, -0.25) is 0 Å². The van der Waals surface area contributed by atoms with E-state index in [1.807, 2.05) is 24.3 Å². The minimum atomic E-state index is -0.337. The predicted molar refractivity (Wildman–Crippen MR) is 83.3 cm³/mol. The molecule has 2 aromatic rings. The molecule has 0 aromatic heterocycles. The number of aliphatic hydroxyl groups excluding tert-OH is 1. The summed E-state index contributed by atoms with van der Waals surface area (Å²) in [5, 5.41) is 11.0. The molecule has 2 aromatic carbocycles. The van der Waals surface area contributed by atoms with Crippen molar-refractivity contribution in [1.29, 1.82) is 0 Å². The van der Waals surface area contributed by atoms with Crippen molar-refractivity contribution < 1.29 is 5.11 Å². The molecule has 3 rings (SSSR count). The Morgan fingerprint density at radius 3 is 2.35 bits per heavy atom. The number of aliphatic hydroxyl groups is 1. The fraction of sp³-hybridized carbons (Fsp3) is 0.333. The van der Waals surface area contributed by atoms with Crippen LogP contribution in [0.5, 0.6) is 0 Å². The van der Waals surface area contributed by atoms with Crippen molar-refractivity contribution >= 4 is 11.6 Å². The van der Waals surface area contributed by atoms with Crippen LogP contribution >= 0.6 is 11.6 Å². The average molecular weight is 287 g/mol. The number of hydrogen-bond acceptors (Lipinski definition) is 1. The molecular weight excluding hydrogens is 268 g/mol. The summed E-state index contributed by atoms with van der Waals surface area (Å²) < 4.78 is 0. The lowest BCUT2D eigenvalue weighted by molar-refractivity contribution is 0.175. The molecule has 104 valence electrons. The first-order valence-corrected chi connectivity index (χ1v) is 7.62. The second kappa shape index (κ2) is 5.99. The lowest BCUT2D eigenvalue weighted by Gasteiger charge is -2.12. The zero-order valence-corrected chi connectivity index (χ0v) is 12.2. The zero-order valence-electron chi connectivity index (χ0n) is 11.5. The minimum absolute atomic E-state index is 0.337. The van der Waals surface area contributed by atoms with Crippen LogP contribution in [0, 0.1) is 0 Å². The molecule has 0 aliphatic heterocycles. The summed E-state index contributed by atoms with van der Waals surface area (Å²) >= 11 is 5.87. The lowest BCUT2D eigenvalue weighted by atomic mass is 9.98. The molecule has 1 nitrogen and oxygen atoms in total. The Hall–Kier alpha value is -1.31. The molecule has 0 saturated heterocycles. The van der Waals surface area contributed by atoms with Gasteiger partial charge < -0.3 is 5.11 Å². The van der Waals surface area contributed by atoms with Gasteiger partial charge in [-0.15, -0.1) is 0 Å². The first kappa shape index (κ1) is 13.7. The quantitative estimate of drug-likeness (QED) is 0.901. The van der Waals surface area contributed by atoms with Crippen molar-refractivity contribution in [1.82, 2.24) is 0 Å². The molecule has 0 spiro atoms. The number of benzene rings is 2. The molecule has 0 heterocycles. The normalized spacial score (nSPS) is 15.1. The van der Waals surface area contributed by atoms with Crippen LogP contribution in [-0.4, -0.2) is 11.2 Å². The second-order valence-electron chi connectivity index (χ2n) is 5.65. The van der Waals surface area contributed by atoms with Crippen LogP contribution in [0.3, 0.4) is 0 Å². The van der Waals surface area contributed by atoms with Crippen LogP contribution < -0.4 is 0 Å².